The lowest BCUT2D eigenvalue weighted by atomic mass is 9.99. The van der Waals surface area contributed by atoms with Crippen molar-refractivity contribution in [1.29, 1.82) is 0 Å². The Bertz CT molecular complexity index is 1980. The van der Waals surface area contributed by atoms with Gasteiger partial charge in [0, 0.05) is 25.7 Å². The molecule has 0 fully saturated rings. The summed E-state index contributed by atoms with van der Waals surface area (Å²) in [6.45, 7) is 11.9. The normalized spacial score (nSPS) is 14.5. The third kappa shape index (κ3) is 73.6. The molecule has 102 heavy (non-hydrogen) atoms. The Kier molecular flexibility index (Phi) is 71.8. The molecule has 0 heterocycles. The Labute approximate surface area is 626 Å². The smallest absolute Gasteiger partial charge is 0.462 e. The molecule has 0 rings (SSSR count). The van der Waals surface area contributed by atoms with Crippen LogP contribution in [0.2, 0.25) is 0 Å². The fourth-order valence-electron chi connectivity index (χ4n) is 12.8. The summed E-state index contributed by atoms with van der Waals surface area (Å²) >= 11 is 0. The minimum atomic E-state index is -4.96. The first kappa shape index (κ1) is 100. The molecule has 4 unspecified atom stereocenters. The molecule has 0 aliphatic carbocycles. The number of phosphoric ester groups is 2. The molecule has 0 bridgehead atoms. The average molecular weight is 1490 g/mol. The number of esters is 4. The second-order valence-corrected chi connectivity index (χ2v) is 33.7. The molecule has 0 spiro atoms. The van der Waals surface area contributed by atoms with Crippen molar-refractivity contribution in [3.63, 3.8) is 0 Å². The highest BCUT2D eigenvalue weighted by Gasteiger charge is 2.30. The maximum absolute atomic E-state index is 13.1. The third-order valence-electron chi connectivity index (χ3n) is 20.1. The predicted molar refractivity (Wildman–Crippen MR) is 418 cm³/mol. The van der Waals surface area contributed by atoms with Gasteiger partial charge in [0.2, 0.25) is 0 Å². The summed E-state index contributed by atoms with van der Waals surface area (Å²) < 4.78 is 68.7. The second kappa shape index (κ2) is 73.2. The van der Waals surface area contributed by atoms with Crippen LogP contribution in [-0.2, 0) is 65.4 Å². The summed E-state index contributed by atoms with van der Waals surface area (Å²) in [4.78, 5) is 73.1. The molecular weight excluding hydrogens is 1330 g/mol. The van der Waals surface area contributed by atoms with Gasteiger partial charge >= 0.3 is 39.5 Å². The van der Waals surface area contributed by atoms with Crippen molar-refractivity contribution in [2.45, 2.75) is 452 Å². The molecule has 0 aromatic rings. The number of rotatable bonds is 81. The Morgan fingerprint density at radius 2 is 0.500 bits per heavy atom. The first-order chi connectivity index (χ1) is 49.3. The number of unbranched alkanes of at least 4 members (excludes halogenated alkanes) is 47. The summed E-state index contributed by atoms with van der Waals surface area (Å²) in [5, 5.41) is 10.6. The van der Waals surface area contributed by atoms with Crippen LogP contribution in [0.15, 0.2) is 0 Å². The van der Waals surface area contributed by atoms with E-state index < -0.39 is 97.5 Å². The Morgan fingerprint density at radius 1 is 0.284 bits per heavy atom. The summed E-state index contributed by atoms with van der Waals surface area (Å²) in [7, 11) is -9.92. The van der Waals surface area contributed by atoms with E-state index in [1.807, 2.05) is 0 Å². The molecule has 0 aromatic heterocycles. The van der Waals surface area contributed by atoms with Crippen molar-refractivity contribution in [2.75, 3.05) is 39.6 Å². The minimum absolute atomic E-state index is 0.104. The highest BCUT2D eigenvalue weighted by molar-refractivity contribution is 7.47. The Hall–Kier alpha value is -1.94. The number of hydrogen-bond donors (Lipinski definition) is 3. The maximum atomic E-state index is 13.1. The van der Waals surface area contributed by atoms with Gasteiger partial charge < -0.3 is 33.8 Å². The molecule has 3 N–H and O–H groups in total. The lowest BCUT2D eigenvalue weighted by molar-refractivity contribution is -0.161. The number of ether oxygens (including phenoxy) is 4. The Balaban J connectivity index is 5.22. The average Bonchev–Trinajstić information content (AvgIpc) is 0.913. The van der Waals surface area contributed by atoms with Crippen molar-refractivity contribution in [3.05, 3.63) is 0 Å². The van der Waals surface area contributed by atoms with Crippen LogP contribution in [0.1, 0.15) is 434 Å². The highest BCUT2D eigenvalue weighted by Crippen LogP contribution is 2.45. The molecule has 7 atom stereocenters. The molecule has 0 saturated heterocycles. The molecule has 606 valence electrons. The minimum Gasteiger partial charge on any atom is -0.462 e. The van der Waals surface area contributed by atoms with Crippen LogP contribution in [0.4, 0.5) is 0 Å². The molecule has 0 aliphatic rings. The van der Waals surface area contributed by atoms with Gasteiger partial charge in [-0.25, -0.2) is 9.13 Å². The van der Waals surface area contributed by atoms with Crippen molar-refractivity contribution < 1.29 is 80.2 Å². The summed E-state index contributed by atoms with van der Waals surface area (Å²) in [5.74, 6) is 0.200. The first-order valence-corrected chi connectivity index (χ1v) is 45.9. The molecule has 0 amide bonds. The van der Waals surface area contributed by atoms with Gasteiger partial charge in [-0.1, -0.05) is 382 Å². The highest BCUT2D eigenvalue weighted by atomic mass is 31.2. The molecule has 0 aromatic carbocycles. The molecule has 17 nitrogen and oxygen atoms in total. The van der Waals surface area contributed by atoms with Gasteiger partial charge in [-0.2, -0.15) is 0 Å². The van der Waals surface area contributed by atoms with Crippen LogP contribution >= 0.6 is 15.6 Å². The van der Waals surface area contributed by atoms with Crippen molar-refractivity contribution in [3.8, 4) is 0 Å². The molecule has 0 radical (unpaired) electrons. The van der Waals surface area contributed by atoms with E-state index in [1.54, 1.807) is 0 Å². The van der Waals surface area contributed by atoms with Crippen LogP contribution < -0.4 is 0 Å². The van der Waals surface area contributed by atoms with Gasteiger partial charge in [0.25, 0.3) is 0 Å². The van der Waals surface area contributed by atoms with E-state index in [4.69, 9.17) is 37.0 Å². The first-order valence-electron chi connectivity index (χ1n) is 42.9. The number of hydrogen-bond acceptors (Lipinski definition) is 15. The van der Waals surface area contributed by atoms with E-state index in [-0.39, 0.29) is 25.7 Å². The van der Waals surface area contributed by atoms with Gasteiger partial charge in [-0.15, -0.1) is 0 Å². The van der Waals surface area contributed by atoms with Crippen LogP contribution in [0.3, 0.4) is 0 Å². The van der Waals surface area contributed by atoms with E-state index in [1.165, 1.54) is 238 Å². The van der Waals surface area contributed by atoms with Crippen LogP contribution in [0.5, 0.6) is 0 Å². The van der Waals surface area contributed by atoms with Crippen molar-refractivity contribution >= 4 is 39.5 Å². The number of carbonyl (C=O) groups is 4. The lowest BCUT2D eigenvalue weighted by Crippen LogP contribution is -2.30. The fourth-order valence-corrected chi connectivity index (χ4v) is 14.4. The molecule has 0 saturated carbocycles. The number of phosphoric acid groups is 2. The summed E-state index contributed by atoms with van der Waals surface area (Å²) in [5.41, 5.74) is 0. The zero-order valence-corrected chi connectivity index (χ0v) is 68.9. The van der Waals surface area contributed by atoms with Gasteiger partial charge in [0.1, 0.15) is 19.3 Å². The van der Waals surface area contributed by atoms with E-state index in [9.17, 15) is 43.2 Å². The van der Waals surface area contributed by atoms with E-state index in [0.29, 0.717) is 25.7 Å². The monoisotopic (exact) mass is 1490 g/mol. The van der Waals surface area contributed by atoms with E-state index >= 15 is 0 Å². The second-order valence-electron chi connectivity index (χ2n) is 30.8. The predicted octanol–water partition coefficient (Wildman–Crippen LogP) is 24.9. The number of carbonyl (C=O) groups excluding carboxylic acids is 4. The van der Waals surface area contributed by atoms with Gasteiger partial charge in [0.05, 0.1) is 26.4 Å². The molecule has 19 heteroatoms. The quantitative estimate of drug-likeness (QED) is 0.0222. The summed E-state index contributed by atoms with van der Waals surface area (Å²) in [6, 6.07) is 0. The largest absolute Gasteiger partial charge is 0.472 e. The van der Waals surface area contributed by atoms with Crippen molar-refractivity contribution in [2.24, 2.45) is 17.8 Å². The topological polar surface area (TPSA) is 237 Å². The number of aliphatic hydroxyl groups is 1. The van der Waals surface area contributed by atoms with Crippen LogP contribution in [-0.4, -0.2) is 96.7 Å². The summed E-state index contributed by atoms with van der Waals surface area (Å²) in [6.07, 6.45) is 62.6. The van der Waals surface area contributed by atoms with Crippen LogP contribution in [0.25, 0.3) is 0 Å². The maximum Gasteiger partial charge on any atom is 0.472 e. The standard InChI is InChI=1S/C83H162O17P2/c1-8-11-12-13-14-15-16-17-18-19-20-21-22-23-28-31-34-37-43-52-59-66-82(87)99-78(70-93-80(85)64-57-50-42-36-33-30-27-25-24-26-29-32-35-40-47-54-61-74(4)5)72-97-101(89,90)95-68-77(84)69-96-102(91,92)98-73-79(71-94-81(86)65-58-51-46-45-49-56-63-76(7)10-3)100-83(88)67-60-53-44-39-38-41-48-55-62-75(6)9-2/h74-79,84H,8-73H2,1-7H3,(H,89,90)(H,91,92)/t75?,76?,77-,78-,79-/m1/s1. The lowest BCUT2D eigenvalue weighted by Gasteiger charge is -2.21. The van der Waals surface area contributed by atoms with E-state index in [0.717, 1.165) is 114 Å². The zero-order chi connectivity index (χ0) is 75.1. The third-order valence-corrected chi connectivity index (χ3v) is 22.0. The van der Waals surface area contributed by atoms with Crippen molar-refractivity contribution in [1.82, 2.24) is 0 Å². The van der Waals surface area contributed by atoms with Crippen LogP contribution in [0, 0.1) is 17.8 Å². The molecule has 0 aliphatic heterocycles. The Morgan fingerprint density at radius 3 is 0.745 bits per heavy atom. The van der Waals surface area contributed by atoms with Gasteiger partial charge in [0.15, 0.2) is 12.2 Å². The molecular formula is C83H162O17P2. The zero-order valence-electron chi connectivity index (χ0n) is 67.1. The number of aliphatic hydroxyl groups excluding tert-OH is 1. The van der Waals surface area contributed by atoms with Gasteiger partial charge in [-0.05, 0) is 43.4 Å². The SMILES string of the molecule is CCCCCCCCCCCCCCCCCCCCCCCC(=O)O[C@H](COC(=O)CCCCCCCCCCCCCCCCCCC(C)C)COP(=O)(O)OC[C@@H](O)COP(=O)(O)OC[C@@H](COC(=O)CCCCCCCCC(C)CC)OC(=O)CCCCCCCCCCC(C)CC. The van der Waals surface area contributed by atoms with E-state index in [2.05, 4.69) is 48.5 Å². The van der Waals surface area contributed by atoms with Gasteiger partial charge in [-0.3, -0.25) is 37.3 Å². The fraction of sp³-hybridized carbons (Fsp3) is 0.952.